The maximum atomic E-state index is 12.8. The molecule has 86 valence electrons. The molecule has 0 radical (unpaired) electrons. The molecule has 1 aromatic rings. The summed E-state index contributed by atoms with van der Waals surface area (Å²) in [6, 6.07) is 3.33. The number of nitro benzene ring substituents is 1. The van der Waals surface area contributed by atoms with Crippen LogP contribution in [0.15, 0.2) is 18.2 Å². The lowest BCUT2D eigenvalue weighted by Crippen LogP contribution is -2.34. The van der Waals surface area contributed by atoms with E-state index in [0.29, 0.717) is 4.83 Å². The summed E-state index contributed by atoms with van der Waals surface area (Å²) in [6.07, 6.45) is 1.61. The zero-order valence-corrected chi connectivity index (χ0v) is 9.81. The van der Waals surface area contributed by atoms with Crippen molar-refractivity contribution in [2.24, 2.45) is 0 Å². The number of halogens is 2. The Labute approximate surface area is 99.7 Å². The molecule has 0 amide bonds. The zero-order chi connectivity index (χ0) is 11.7. The number of nitrogens with zero attached hydrogens (tertiary/aromatic N) is 1. The Hall–Kier alpha value is -1.17. The number of benzene rings is 1. The Balaban J connectivity index is 2.16. The highest BCUT2D eigenvalue weighted by atomic mass is 79.9. The number of alkyl halides is 1. The third kappa shape index (κ3) is 2.32. The first kappa shape index (κ1) is 11.3. The zero-order valence-electron chi connectivity index (χ0n) is 8.23. The molecule has 0 saturated heterocycles. The number of rotatable bonds is 3. The minimum atomic E-state index is -0.636. The lowest BCUT2D eigenvalue weighted by molar-refractivity contribution is -0.386. The predicted molar refractivity (Wildman–Crippen MR) is 59.4 cm³/mol. The van der Waals surface area contributed by atoms with E-state index >= 15 is 0 Å². The van der Waals surface area contributed by atoms with Crippen LogP contribution in [-0.2, 0) is 0 Å². The standard InChI is InChI=1S/C10H9BrFNO3/c11-6-3-8(4-6)16-10-2-1-7(12)5-9(10)13(14)15/h1-2,5-6,8H,3-4H2. The highest BCUT2D eigenvalue weighted by Crippen LogP contribution is 2.35. The van der Waals surface area contributed by atoms with E-state index in [1.54, 1.807) is 0 Å². The molecular formula is C10H9BrFNO3. The molecule has 1 saturated carbocycles. The van der Waals surface area contributed by atoms with E-state index in [0.717, 1.165) is 25.0 Å². The molecule has 0 heterocycles. The SMILES string of the molecule is O=[N+]([O-])c1cc(F)ccc1OC1CC(Br)C1. The Bertz CT molecular complexity index is 421. The molecule has 0 N–H and O–H groups in total. The van der Waals surface area contributed by atoms with E-state index < -0.39 is 10.7 Å². The van der Waals surface area contributed by atoms with Crippen LogP contribution in [0.4, 0.5) is 10.1 Å². The minimum absolute atomic E-state index is 0.0199. The van der Waals surface area contributed by atoms with Gasteiger partial charge in [-0.15, -0.1) is 0 Å². The van der Waals surface area contributed by atoms with E-state index in [2.05, 4.69) is 15.9 Å². The molecular weight excluding hydrogens is 281 g/mol. The summed E-state index contributed by atoms with van der Waals surface area (Å²) in [6.45, 7) is 0. The molecule has 0 unspecified atom stereocenters. The van der Waals surface area contributed by atoms with E-state index in [4.69, 9.17) is 4.74 Å². The van der Waals surface area contributed by atoms with Gasteiger partial charge >= 0.3 is 5.69 Å². The molecule has 0 aliphatic heterocycles. The fourth-order valence-electron chi connectivity index (χ4n) is 1.51. The second-order valence-corrected chi connectivity index (χ2v) is 4.97. The number of hydrogen-bond acceptors (Lipinski definition) is 3. The summed E-state index contributed by atoms with van der Waals surface area (Å²) in [5.41, 5.74) is -0.321. The van der Waals surface area contributed by atoms with Gasteiger partial charge in [-0.25, -0.2) is 4.39 Å². The average Bonchev–Trinajstić information content (AvgIpc) is 2.17. The molecule has 0 aromatic heterocycles. The maximum Gasteiger partial charge on any atom is 0.313 e. The van der Waals surface area contributed by atoms with Gasteiger partial charge in [0.25, 0.3) is 0 Å². The third-order valence-corrected chi connectivity index (χ3v) is 3.20. The molecule has 1 aliphatic rings. The van der Waals surface area contributed by atoms with Crippen LogP contribution in [0.2, 0.25) is 0 Å². The van der Waals surface area contributed by atoms with Crippen molar-refractivity contribution in [2.75, 3.05) is 0 Å². The molecule has 16 heavy (non-hydrogen) atoms. The van der Waals surface area contributed by atoms with Crippen LogP contribution in [0.5, 0.6) is 5.75 Å². The third-order valence-electron chi connectivity index (χ3n) is 2.45. The lowest BCUT2D eigenvalue weighted by Gasteiger charge is -2.31. The summed E-state index contributed by atoms with van der Waals surface area (Å²) in [7, 11) is 0. The number of nitro groups is 1. The van der Waals surface area contributed by atoms with Crippen LogP contribution in [-0.4, -0.2) is 15.9 Å². The quantitative estimate of drug-likeness (QED) is 0.488. The Morgan fingerprint density at radius 3 is 2.75 bits per heavy atom. The van der Waals surface area contributed by atoms with Gasteiger partial charge in [0.15, 0.2) is 5.75 Å². The van der Waals surface area contributed by atoms with E-state index in [-0.39, 0.29) is 17.5 Å². The van der Waals surface area contributed by atoms with Gasteiger partial charge in [-0.2, -0.15) is 0 Å². The highest BCUT2D eigenvalue weighted by molar-refractivity contribution is 9.09. The van der Waals surface area contributed by atoms with Gasteiger partial charge in [-0.05, 0) is 25.0 Å². The van der Waals surface area contributed by atoms with Gasteiger partial charge in [0.05, 0.1) is 11.0 Å². The smallest absolute Gasteiger partial charge is 0.313 e. The topological polar surface area (TPSA) is 52.4 Å². The average molecular weight is 290 g/mol. The Morgan fingerprint density at radius 2 is 2.19 bits per heavy atom. The van der Waals surface area contributed by atoms with Crippen LogP contribution in [0.25, 0.3) is 0 Å². The van der Waals surface area contributed by atoms with Crippen molar-refractivity contribution in [1.29, 1.82) is 0 Å². The molecule has 0 bridgehead atoms. The van der Waals surface area contributed by atoms with Crippen molar-refractivity contribution in [3.63, 3.8) is 0 Å². The fourth-order valence-corrected chi connectivity index (χ4v) is 2.34. The summed E-state index contributed by atoms with van der Waals surface area (Å²) in [4.78, 5) is 10.5. The van der Waals surface area contributed by atoms with Crippen LogP contribution in [0, 0.1) is 15.9 Å². The van der Waals surface area contributed by atoms with E-state index in [9.17, 15) is 14.5 Å². The molecule has 6 heteroatoms. The van der Waals surface area contributed by atoms with Gasteiger partial charge in [-0.3, -0.25) is 10.1 Å². The molecule has 0 atom stereocenters. The normalized spacial score (nSPS) is 23.6. The Morgan fingerprint density at radius 1 is 1.50 bits per heavy atom. The second-order valence-electron chi connectivity index (χ2n) is 3.68. The van der Waals surface area contributed by atoms with Crippen molar-refractivity contribution in [1.82, 2.24) is 0 Å². The maximum absolute atomic E-state index is 12.8. The van der Waals surface area contributed by atoms with Gasteiger partial charge in [0, 0.05) is 4.83 Å². The first-order chi connectivity index (χ1) is 7.56. The molecule has 1 fully saturated rings. The molecule has 1 aliphatic carbocycles. The van der Waals surface area contributed by atoms with Crippen LogP contribution < -0.4 is 4.74 Å². The van der Waals surface area contributed by atoms with Crippen LogP contribution >= 0.6 is 15.9 Å². The molecule has 1 aromatic carbocycles. The summed E-state index contributed by atoms with van der Waals surface area (Å²) in [5, 5.41) is 10.7. The van der Waals surface area contributed by atoms with Gasteiger partial charge in [0.1, 0.15) is 11.9 Å². The van der Waals surface area contributed by atoms with Crippen molar-refractivity contribution in [2.45, 2.75) is 23.8 Å². The van der Waals surface area contributed by atoms with Crippen molar-refractivity contribution in [3.05, 3.63) is 34.1 Å². The number of ether oxygens (including phenoxy) is 1. The lowest BCUT2D eigenvalue weighted by atomic mass is 9.96. The van der Waals surface area contributed by atoms with Crippen molar-refractivity contribution >= 4 is 21.6 Å². The first-order valence-corrected chi connectivity index (χ1v) is 5.72. The van der Waals surface area contributed by atoms with Gasteiger partial charge in [0.2, 0.25) is 0 Å². The summed E-state index contributed by atoms with van der Waals surface area (Å²) >= 11 is 3.40. The van der Waals surface area contributed by atoms with Crippen LogP contribution in [0.1, 0.15) is 12.8 Å². The Kier molecular flexibility index (Phi) is 3.09. The van der Waals surface area contributed by atoms with Crippen molar-refractivity contribution < 1.29 is 14.1 Å². The number of hydrogen-bond donors (Lipinski definition) is 0. The first-order valence-electron chi connectivity index (χ1n) is 4.81. The largest absolute Gasteiger partial charge is 0.483 e. The van der Waals surface area contributed by atoms with Crippen LogP contribution in [0.3, 0.4) is 0 Å². The highest BCUT2D eigenvalue weighted by Gasteiger charge is 2.30. The molecule has 0 spiro atoms. The summed E-state index contributed by atoms with van der Waals surface area (Å²) < 4.78 is 18.3. The molecule has 4 nitrogen and oxygen atoms in total. The summed E-state index contributed by atoms with van der Waals surface area (Å²) in [5.74, 6) is -0.498. The minimum Gasteiger partial charge on any atom is -0.483 e. The fraction of sp³-hybridized carbons (Fsp3) is 0.400. The van der Waals surface area contributed by atoms with Gasteiger partial charge < -0.3 is 4.74 Å². The monoisotopic (exact) mass is 289 g/mol. The second kappa shape index (κ2) is 4.37. The predicted octanol–water partition coefficient (Wildman–Crippen LogP) is 3.04. The van der Waals surface area contributed by atoms with Gasteiger partial charge in [-0.1, -0.05) is 15.9 Å². The van der Waals surface area contributed by atoms with E-state index in [1.165, 1.54) is 6.07 Å². The van der Waals surface area contributed by atoms with E-state index in [1.807, 2.05) is 0 Å². The van der Waals surface area contributed by atoms with Crippen molar-refractivity contribution in [3.8, 4) is 5.75 Å². The molecule has 2 rings (SSSR count).